The van der Waals surface area contributed by atoms with Crippen LogP contribution >= 0.6 is 0 Å². The highest BCUT2D eigenvalue weighted by Crippen LogP contribution is 2.25. The van der Waals surface area contributed by atoms with Crippen molar-refractivity contribution < 1.29 is 22.7 Å². The number of aromatic nitrogens is 2. The smallest absolute Gasteiger partial charge is 0.309 e. The maximum absolute atomic E-state index is 13.2. The van der Waals surface area contributed by atoms with E-state index in [1.165, 1.54) is 27.2 Å². The zero-order valence-electron chi connectivity index (χ0n) is 21.7. The fraction of sp³-hybridized carbons (Fsp3) is 0.370. The summed E-state index contributed by atoms with van der Waals surface area (Å²) in [5.74, 6) is -0.959. The predicted molar refractivity (Wildman–Crippen MR) is 143 cm³/mol. The summed E-state index contributed by atoms with van der Waals surface area (Å²) in [5, 5.41) is 2.95. The van der Waals surface area contributed by atoms with Crippen LogP contribution in [0.2, 0.25) is 0 Å². The van der Waals surface area contributed by atoms with Gasteiger partial charge in [-0.05, 0) is 51.0 Å². The molecule has 0 atom stereocenters. The van der Waals surface area contributed by atoms with Crippen molar-refractivity contribution in [3.05, 3.63) is 76.2 Å². The number of rotatable bonds is 9. The number of nitrogens with zero attached hydrogens (tertiary/aromatic N) is 3. The zero-order chi connectivity index (χ0) is 27.4. The number of benzene rings is 2. The van der Waals surface area contributed by atoms with Crippen molar-refractivity contribution in [2.75, 3.05) is 31.6 Å². The number of anilines is 1. The maximum Gasteiger partial charge on any atom is 0.309 e. The zero-order valence-corrected chi connectivity index (χ0v) is 22.5. The van der Waals surface area contributed by atoms with Gasteiger partial charge >= 0.3 is 5.97 Å². The Kier molecular flexibility index (Phi) is 8.17. The number of hydrogen-bond donors (Lipinski definition) is 1. The molecule has 1 N–H and O–H groups in total. The summed E-state index contributed by atoms with van der Waals surface area (Å²) in [6.07, 6.45) is 0.773. The van der Waals surface area contributed by atoms with Gasteiger partial charge < -0.3 is 10.1 Å². The Morgan fingerprint density at radius 3 is 2.39 bits per heavy atom. The number of ether oxygens (including phenoxy) is 1. The number of sulfonamides is 1. The Morgan fingerprint density at radius 1 is 1.05 bits per heavy atom. The highest BCUT2D eigenvalue weighted by molar-refractivity contribution is 7.89. The average Bonchev–Trinajstić information content (AvgIpc) is 3.14. The van der Waals surface area contributed by atoms with Gasteiger partial charge in [0.25, 0.3) is 5.56 Å². The van der Waals surface area contributed by atoms with Gasteiger partial charge in [-0.15, -0.1) is 0 Å². The first-order valence-corrected chi connectivity index (χ1v) is 14.0. The molecule has 4 rings (SSSR count). The highest BCUT2D eigenvalue weighted by atomic mass is 32.2. The van der Waals surface area contributed by atoms with Crippen LogP contribution in [0.1, 0.15) is 35.8 Å². The molecule has 1 aliphatic rings. The van der Waals surface area contributed by atoms with E-state index in [-0.39, 0.29) is 53.3 Å². The Labute approximate surface area is 221 Å². The van der Waals surface area contributed by atoms with E-state index in [9.17, 15) is 22.8 Å². The quantitative estimate of drug-likeness (QED) is 0.327. The van der Waals surface area contributed by atoms with Crippen molar-refractivity contribution in [1.29, 1.82) is 0 Å². The molecule has 1 fully saturated rings. The van der Waals surface area contributed by atoms with E-state index in [4.69, 9.17) is 4.74 Å². The molecule has 0 radical (unpaired) electrons. The molecule has 0 amide bonds. The number of ketones is 1. The van der Waals surface area contributed by atoms with E-state index >= 15 is 0 Å². The summed E-state index contributed by atoms with van der Waals surface area (Å²) < 4.78 is 36.1. The molecule has 2 heterocycles. The van der Waals surface area contributed by atoms with Gasteiger partial charge in [0.15, 0.2) is 5.78 Å². The van der Waals surface area contributed by atoms with Crippen molar-refractivity contribution in [2.24, 2.45) is 13.0 Å². The molecule has 1 aliphatic heterocycles. The number of nitrogens with one attached hydrogen (secondary N) is 1. The lowest BCUT2D eigenvalue weighted by Crippen LogP contribution is -2.40. The van der Waals surface area contributed by atoms with Gasteiger partial charge in [0, 0.05) is 25.7 Å². The molecule has 0 bridgehead atoms. The van der Waals surface area contributed by atoms with Gasteiger partial charge in [0.2, 0.25) is 10.0 Å². The standard InChI is InChI=1S/C27H32N4O6S/c1-4-37-27(34)20-13-15-30(16-14-20)38(35,36)23-12-8-9-21(17-23)24(32)18-28-25-19(2)29(3)31(26(25)33)22-10-6-5-7-11-22/h5-12,17,20,28H,4,13-16,18H2,1-3H3. The van der Waals surface area contributed by atoms with Crippen LogP contribution in [0.5, 0.6) is 0 Å². The lowest BCUT2D eigenvalue weighted by molar-refractivity contribution is -0.149. The average molecular weight is 541 g/mol. The number of Topliss-reactive ketones (excluding diaryl/α,β-unsaturated/α-hetero) is 1. The number of esters is 1. The molecule has 2 aromatic carbocycles. The van der Waals surface area contributed by atoms with E-state index in [1.54, 1.807) is 31.6 Å². The summed E-state index contributed by atoms with van der Waals surface area (Å²) in [6, 6.07) is 15.1. The molecule has 0 unspecified atom stereocenters. The number of hydrogen-bond acceptors (Lipinski definition) is 7. The second-order valence-electron chi connectivity index (χ2n) is 9.17. The van der Waals surface area contributed by atoms with Gasteiger partial charge in [0.1, 0.15) is 5.69 Å². The van der Waals surface area contributed by atoms with Crippen LogP contribution in [-0.2, 0) is 26.6 Å². The van der Waals surface area contributed by atoms with E-state index < -0.39 is 10.0 Å². The molecule has 0 aliphatic carbocycles. The van der Waals surface area contributed by atoms with Gasteiger partial charge in [-0.3, -0.25) is 19.1 Å². The van der Waals surface area contributed by atoms with Crippen LogP contribution in [-0.4, -0.2) is 60.1 Å². The summed E-state index contributed by atoms with van der Waals surface area (Å²) in [7, 11) is -2.08. The third kappa shape index (κ3) is 5.44. The Hall–Kier alpha value is -3.70. The van der Waals surface area contributed by atoms with E-state index in [0.717, 1.165) is 0 Å². The summed E-state index contributed by atoms with van der Waals surface area (Å²) in [4.78, 5) is 38.1. The van der Waals surface area contributed by atoms with E-state index in [1.807, 2.05) is 30.3 Å². The normalized spacial score (nSPS) is 14.8. The van der Waals surface area contributed by atoms with Crippen LogP contribution < -0.4 is 10.9 Å². The molecule has 38 heavy (non-hydrogen) atoms. The lowest BCUT2D eigenvalue weighted by Gasteiger charge is -2.30. The van der Waals surface area contributed by atoms with Crippen LogP contribution in [0.3, 0.4) is 0 Å². The fourth-order valence-corrected chi connectivity index (χ4v) is 6.13. The van der Waals surface area contributed by atoms with Crippen LogP contribution in [0.15, 0.2) is 64.3 Å². The van der Waals surface area contributed by atoms with Crippen LogP contribution in [0.25, 0.3) is 5.69 Å². The molecular formula is C27H32N4O6S. The number of para-hydroxylation sites is 1. The second kappa shape index (κ2) is 11.4. The third-order valence-corrected chi connectivity index (χ3v) is 8.74. The predicted octanol–water partition coefficient (Wildman–Crippen LogP) is 2.74. The van der Waals surface area contributed by atoms with Gasteiger partial charge in [-0.25, -0.2) is 13.1 Å². The molecule has 3 aromatic rings. The molecule has 1 aromatic heterocycles. The molecule has 0 saturated carbocycles. The summed E-state index contributed by atoms with van der Waals surface area (Å²) in [5.41, 5.74) is 1.60. The van der Waals surface area contributed by atoms with Crippen LogP contribution in [0, 0.1) is 12.8 Å². The number of carbonyl (C=O) groups is 2. The molecule has 1 saturated heterocycles. The van der Waals surface area contributed by atoms with Crippen LogP contribution in [0.4, 0.5) is 5.69 Å². The Balaban J connectivity index is 1.46. The largest absolute Gasteiger partial charge is 0.466 e. The monoisotopic (exact) mass is 540 g/mol. The van der Waals surface area contributed by atoms with Crippen molar-refractivity contribution in [1.82, 2.24) is 13.7 Å². The maximum atomic E-state index is 13.2. The Bertz CT molecular complexity index is 1490. The lowest BCUT2D eigenvalue weighted by atomic mass is 9.98. The number of piperidine rings is 1. The van der Waals surface area contributed by atoms with Gasteiger partial charge in [-0.1, -0.05) is 30.3 Å². The van der Waals surface area contributed by atoms with E-state index in [0.29, 0.717) is 36.5 Å². The van der Waals surface area contributed by atoms with Gasteiger partial charge in [0.05, 0.1) is 35.3 Å². The Morgan fingerprint density at radius 2 is 1.74 bits per heavy atom. The molecule has 202 valence electrons. The molecule has 11 heteroatoms. The minimum atomic E-state index is -3.84. The fourth-order valence-electron chi connectivity index (χ4n) is 4.61. The van der Waals surface area contributed by atoms with Crippen molar-refractivity contribution in [2.45, 2.75) is 31.6 Å². The number of carbonyl (C=O) groups excluding carboxylic acids is 2. The SMILES string of the molecule is CCOC(=O)C1CCN(S(=O)(=O)c2cccc(C(=O)CNc3c(C)n(C)n(-c4ccccc4)c3=O)c2)CC1. The summed E-state index contributed by atoms with van der Waals surface area (Å²) >= 11 is 0. The first kappa shape index (κ1) is 27.3. The topological polar surface area (TPSA) is 120 Å². The minimum Gasteiger partial charge on any atom is -0.466 e. The minimum absolute atomic E-state index is 0.0141. The first-order valence-electron chi connectivity index (χ1n) is 12.5. The molecule has 0 spiro atoms. The first-order chi connectivity index (χ1) is 18.1. The summed E-state index contributed by atoms with van der Waals surface area (Å²) in [6.45, 7) is 4.04. The van der Waals surface area contributed by atoms with Crippen molar-refractivity contribution in [3.63, 3.8) is 0 Å². The second-order valence-corrected chi connectivity index (χ2v) is 11.1. The van der Waals surface area contributed by atoms with E-state index in [2.05, 4.69) is 5.32 Å². The van der Waals surface area contributed by atoms with Crippen molar-refractivity contribution >= 4 is 27.5 Å². The van der Waals surface area contributed by atoms with Gasteiger partial charge in [-0.2, -0.15) is 4.31 Å². The molecular weight excluding hydrogens is 508 g/mol. The third-order valence-electron chi connectivity index (χ3n) is 6.85. The molecule has 10 nitrogen and oxygen atoms in total. The highest BCUT2D eigenvalue weighted by Gasteiger charge is 2.33. The van der Waals surface area contributed by atoms with Crippen molar-refractivity contribution in [3.8, 4) is 5.69 Å².